The Morgan fingerprint density at radius 2 is 1.50 bits per heavy atom. The molecule has 200 valence electrons. The molecule has 0 radical (unpaired) electrons. The fraction of sp³-hybridized carbons (Fsp3) is 0.167. The van der Waals surface area contributed by atoms with E-state index in [2.05, 4.69) is 10.6 Å². The maximum atomic E-state index is 14.6. The van der Waals surface area contributed by atoms with Crippen molar-refractivity contribution in [3.8, 4) is 0 Å². The van der Waals surface area contributed by atoms with Crippen LogP contribution in [0.3, 0.4) is 0 Å². The molecule has 3 N–H and O–H groups in total. The number of benzene rings is 3. The Labute approximate surface area is 244 Å². The van der Waals surface area contributed by atoms with Gasteiger partial charge < -0.3 is 16.0 Å². The van der Waals surface area contributed by atoms with Crippen LogP contribution in [0.25, 0.3) is 0 Å². The van der Waals surface area contributed by atoms with Crippen molar-refractivity contribution in [3.63, 3.8) is 0 Å². The van der Waals surface area contributed by atoms with E-state index in [1.807, 2.05) is 5.32 Å². The number of carbonyl (C=O) groups is 2. The van der Waals surface area contributed by atoms with Gasteiger partial charge in [0.2, 0.25) is 5.91 Å². The highest BCUT2D eigenvalue weighted by atomic mass is 35.5. The van der Waals surface area contributed by atoms with Gasteiger partial charge in [-0.05, 0) is 42.0 Å². The van der Waals surface area contributed by atoms with Crippen molar-refractivity contribution in [2.45, 2.75) is 10.3 Å². The predicted octanol–water partition coefficient (Wildman–Crippen LogP) is 8.54. The van der Waals surface area contributed by atoms with Crippen LogP contribution in [-0.2, 0) is 4.79 Å². The Morgan fingerprint density at radius 3 is 2.11 bits per heavy atom. The first-order valence-electron chi connectivity index (χ1n) is 10.6. The van der Waals surface area contributed by atoms with Gasteiger partial charge in [-0.3, -0.25) is 9.59 Å². The molecule has 1 saturated carbocycles. The summed E-state index contributed by atoms with van der Waals surface area (Å²) in [6.45, 7) is 0. The van der Waals surface area contributed by atoms with Gasteiger partial charge in [-0.1, -0.05) is 46.4 Å². The van der Waals surface area contributed by atoms with Crippen molar-refractivity contribution in [2.75, 3.05) is 23.0 Å². The SMILES string of the molecule is CNc1ccc(F)c(NC(=O)c2cc(NC(=O)[C@H]3[C@H](c4cc(Cl)c(Cl)c(Cl)c4)C3(Cl)Cl)cc(F)c2Cl)c1F. The maximum absolute atomic E-state index is 14.6. The van der Waals surface area contributed by atoms with E-state index < -0.39 is 61.7 Å². The molecule has 2 amide bonds. The molecule has 1 aliphatic carbocycles. The van der Waals surface area contributed by atoms with Gasteiger partial charge in [0.05, 0.1) is 37.3 Å². The van der Waals surface area contributed by atoms with Crippen LogP contribution >= 0.6 is 69.6 Å². The Hall–Kier alpha value is -2.07. The van der Waals surface area contributed by atoms with Gasteiger partial charge in [-0.15, -0.1) is 23.2 Å². The standard InChI is InChI=1S/C24H14Cl6F3N3O2/c1-34-15-3-2-13(31)21(20(15)33)36-22(37)10-6-9(7-14(32)18(10)27)35-23(38)17-16(24(17,29)30)8-4-11(25)19(28)12(26)5-8/h2-7,16-17,34H,1H3,(H,35,38)(H,36,37)/t16-,17+/m0/s1. The van der Waals surface area contributed by atoms with E-state index in [4.69, 9.17) is 69.6 Å². The Kier molecular flexibility index (Phi) is 8.25. The summed E-state index contributed by atoms with van der Waals surface area (Å²) in [5.41, 5.74) is -1.10. The monoisotopic (exact) mass is 643 g/mol. The molecule has 1 fully saturated rings. The molecular weight excluding hydrogens is 632 g/mol. The summed E-state index contributed by atoms with van der Waals surface area (Å²) in [6, 6.07) is 6.90. The quantitative estimate of drug-likeness (QED) is 0.186. The van der Waals surface area contributed by atoms with Gasteiger partial charge in [0.25, 0.3) is 5.91 Å². The molecule has 38 heavy (non-hydrogen) atoms. The molecule has 1 aliphatic rings. The molecule has 0 aromatic heterocycles. The minimum atomic E-state index is -1.55. The number of alkyl halides is 2. The number of rotatable bonds is 6. The largest absolute Gasteiger partial charge is 0.386 e. The molecule has 14 heteroatoms. The van der Waals surface area contributed by atoms with Gasteiger partial charge >= 0.3 is 0 Å². The zero-order valence-corrected chi connectivity index (χ0v) is 23.4. The van der Waals surface area contributed by atoms with Crippen LogP contribution in [0.5, 0.6) is 0 Å². The van der Waals surface area contributed by atoms with Crippen molar-refractivity contribution in [3.05, 3.63) is 85.1 Å². The molecule has 0 heterocycles. The second-order valence-corrected chi connectivity index (χ2v) is 11.2. The van der Waals surface area contributed by atoms with Gasteiger partial charge in [-0.25, -0.2) is 13.2 Å². The van der Waals surface area contributed by atoms with Crippen LogP contribution in [0.15, 0.2) is 36.4 Å². The lowest BCUT2D eigenvalue weighted by atomic mass is 10.1. The van der Waals surface area contributed by atoms with Crippen LogP contribution in [0.2, 0.25) is 20.1 Å². The second kappa shape index (κ2) is 10.8. The molecule has 2 atom stereocenters. The van der Waals surface area contributed by atoms with E-state index in [-0.39, 0.29) is 26.4 Å². The molecular formula is C24H14Cl6F3N3O2. The topological polar surface area (TPSA) is 70.2 Å². The molecule has 3 aromatic carbocycles. The first-order chi connectivity index (χ1) is 17.8. The minimum absolute atomic E-state index is 0.0899. The summed E-state index contributed by atoms with van der Waals surface area (Å²) in [5, 5.41) is 6.72. The highest BCUT2D eigenvalue weighted by molar-refractivity contribution is 6.54. The fourth-order valence-electron chi connectivity index (χ4n) is 3.91. The lowest BCUT2D eigenvalue weighted by Gasteiger charge is -2.13. The number of carbonyl (C=O) groups excluding carboxylic acids is 2. The molecule has 0 spiro atoms. The first kappa shape index (κ1) is 28.9. The first-order valence-corrected chi connectivity index (χ1v) is 12.8. The van der Waals surface area contributed by atoms with E-state index in [1.54, 1.807) is 0 Å². The van der Waals surface area contributed by atoms with Crippen molar-refractivity contribution in [1.29, 1.82) is 0 Å². The number of nitrogens with one attached hydrogen (secondary N) is 3. The Bertz CT molecular complexity index is 1460. The van der Waals surface area contributed by atoms with Crippen molar-refractivity contribution >= 4 is 98.5 Å². The number of halogens is 9. The summed E-state index contributed by atoms with van der Waals surface area (Å²) < 4.78 is 41.8. The molecule has 0 unspecified atom stereocenters. The highest BCUT2D eigenvalue weighted by Gasteiger charge is 2.67. The Morgan fingerprint density at radius 1 is 0.868 bits per heavy atom. The zero-order valence-electron chi connectivity index (χ0n) is 18.8. The minimum Gasteiger partial charge on any atom is -0.386 e. The van der Waals surface area contributed by atoms with Crippen molar-refractivity contribution < 1.29 is 22.8 Å². The predicted molar refractivity (Wildman–Crippen MR) is 146 cm³/mol. The van der Waals surface area contributed by atoms with Gasteiger partial charge in [0.15, 0.2) is 5.82 Å². The van der Waals surface area contributed by atoms with E-state index in [9.17, 15) is 22.8 Å². The molecule has 0 saturated heterocycles. The fourth-order valence-corrected chi connectivity index (χ4v) is 5.55. The van der Waals surface area contributed by atoms with Gasteiger partial charge in [0.1, 0.15) is 21.7 Å². The van der Waals surface area contributed by atoms with Crippen LogP contribution in [-0.4, -0.2) is 23.2 Å². The third-order valence-corrected chi connectivity index (χ3v) is 8.36. The molecule has 0 bridgehead atoms. The maximum Gasteiger partial charge on any atom is 0.257 e. The van der Waals surface area contributed by atoms with Crippen LogP contribution < -0.4 is 16.0 Å². The number of hydrogen-bond donors (Lipinski definition) is 3. The number of hydrogen-bond acceptors (Lipinski definition) is 3. The lowest BCUT2D eigenvalue weighted by Crippen LogP contribution is -2.19. The molecule has 3 aromatic rings. The van der Waals surface area contributed by atoms with E-state index in [0.29, 0.717) is 5.56 Å². The number of amides is 2. The van der Waals surface area contributed by atoms with Crippen LogP contribution in [0, 0.1) is 23.4 Å². The molecule has 4 rings (SSSR count). The van der Waals surface area contributed by atoms with Crippen LogP contribution in [0.4, 0.5) is 30.2 Å². The summed E-state index contributed by atoms with van der Waals surface area (Å²) >= 11 is 36.7. The average molecular weight is 646 g/mol. The van der Waals surface area contributed by atoms with Crippen molar-refractivity contribution in [1.82, 2.24) is 0 Å². The second-order valence-electron chi connectivity index (χ2n) is 8.23. The van der Waals surface area contributed by atoms with Gasteiger partial charge in [0, 0.05) is 18.7 Å². The van der Waals surface area contributed by atoms with E-state index in [0.717, 1.165) is 24.3 Å². The van der Waals surface area contributed by atoms with Crippen LogP contribution in [0.1, 0.15) is 21.8 Å². The zero-order chi connectivity index (χ0) is 28.1. The summed E-state index contributed by atoms with van der Waals surface area (Å²) in [6.07, 6.45) is 0. The normalized spacial score (nSPS) is 17.6. The summed E-state index contributed by atoms with van der Waals surface area (Å²) in [5.74, 6) is -6.82. The van der Waals surface area contributed by atoms with Gasteiger partial charge in [-0.2, -0.15) is 0 Å². The highest BCUT2D eigenvalue weighted by Crippen LogP contribution is 2.65. The number of anilines is 3. The van der Waals surface area contributed by atoms with E-state index in [1.165, 1.54) is 19.2 Å². The van der Waals surface area contributed by atoms with E-state index >= 15 is 0 Å². The Balaban J connectivity index is 1.58. The average Bonchev–Trinajstić information content (AvgIpc) is 3.43. The third-order valence-electron chi connectivity index (χ3n) is 5.84. The third kappa shape index (κ3) is 5.35. The molecule has 0 aliphatic heterocycles. The summed E-state index contributed by atoms with van der Waals surface area (Å²) in [7, 11) is 1.40. The summed E-state index contributed by atoms with van der Waals surface area (Å²) in [4.78, 5) is 25.8. The van der Waals surface area contributed by atoms with Crippen molar-refractivity contribution in [2.24, 2.45) is 5.92 Å². The lowest BCUT2D eigenvalue weighted by molar-refractivity contribution is -0.117. The smallest absolute Gasteiger partial charge is 0.257 e. The molecule has 5 nitrogen and oxygen atoms in total.